The number of ketones is 1. The molecule has 0 bridgehead atoms. The minimum Gasteiger partial charge on any atom is -0.462 e. The van der Waals surface area contributed by atoms with Crippen molar-refractivity contribution in [3.63, 3.8) is 0 Å². The highest BCUT2D eigenvalue weighted by atomic mass is 16.5. The summed E-state index contributed by atoms with van der Waals surface area (Å²) in [5.41, 5.74) is 3.78. The summed E-state index contributed by atoms with van der Waals surface area (Å²) in [4.78, 5) is 40.3. The third-order valence-corrected chi connectivity index (χ3v) is 5.74. The summed E-state index contributed by atoms with van der Waals surface area (Å²) in [6.07, 6.45) is 2.24. The number of aromatic amines is 1. The number of nitrogens with zero attached hydrogens (tertiary/aromatic N) is 1. The van der Waals surface area contributed by atoms with Crippen molar-refractivity contribution in [3.05, 3.63) is 45.5 Å². The highest BCUT2D eigenvalue weighted by Crippen LogP contribution is 2.22. The van der Waals surface area contributed by atoms with Crippen LogP contribution in [0.3, 0.4) is 0 Å². The first-order valence-corrected chi connectivity index (χ1v) is 10.6. The Kier molecular flexibility index (Phi) is 7.00. The van der Waals surface area contributed by atoms with E-state index in [1.807, 2.05) is 19.9 Å². The summed E-state index contributed by atoms with van der Waals surface area (Å²) in [6.45, 7) is 10.2. The number of rotatable bonds is 8. The molecule has 8 heteroatoms. The molecule has 0 saturated carbocycles. The van der Waals surface area contributed by atoms with Crippen LogP contribution in [0.4, 0.5) is 0 Å². The predicted octanol–water partition coefficient (Wildman–Crippen LogP) is 3.45. The van der Waals surface area contributed by atoms with Crippen LogP contribution in [0.1, 0.15) is 73.6 Å². The highest BCUT2D eigenvalue weighted by Gasteiger charge is 2.25. The lowest BCUT2D eigenvalue weighted by atomic mass is 10.1. The molecule has 3 heterocycles. The summed E-state index contributed by atoms with van der Waals surface area (Å²) in [6, 6.07) is 1.82. The van der Waals surface area contributed by atoms with Crippen molar-refractivity contribution >= 4 is 17.7 Å². The third kappa shape index (κ3) is 4.74. The van der Waals surface area contributed by atoms with Crippen molar-refractivity contribution in [1.82, 2.24) is 9.55 Å². The zero-order valence-corrected chi connectivity index (χ0v) is 18.8. The number of aryl methyl sites for hydroxylation is 2. The van der Waals surface area contributed by atoms with Gasteiger partial charge in [0, 0.05) is 35.8 Å². The van der Waals surface area contributed by atoms with Crippen molar-refractivity contribution in [2.24, 2.45) is 0 Å². The van der Waals surface area contributed by atoms with Crippen molar-refractivity contribution in [2.75, 3.05) is 19.8 Å². The van der Waals surface area contributed by atoms with Crippen molar-refractivity contribution in [1.29, 1.82) is 0 Å². The molecule has 2 aromatic heterocycles. The van der Waals surface area contributed by atoms with Crippen LogP contribution in [-0.2, 0) is 20.8 Å². The SMILES string of the molecule is CCOC(=O)c1c(C)[nH]c(C(=O)OCC(=O)c2cc(C)n(CC3CCCO3)c2C)c1C. The summed E-state index contributed by atoms with van der Waals surface area (Å²) in [7, 11) is 0. The first kappa shape index (κ1) is 22.8. The zero-order valence-electron chi connectivity index (χ0n) is 18.8. The second-order valence-electron chi connectivity index (χ2n) is 7.88. The van der Waals surface area contributed by atoms with Gasteiger partial charge in [0.05, 0.1) is 18.3 Å². The number of hydrogen-bond donors (Lipinski definition) is 1. The molecule has 0 radical (unpaired) electrons. The maximum atomic E-state index is 12.7. The predicted molar refractivity (Wildman–Crippen MR) is 114 cm³/mol. The van der Waals surface area contributed by atoms with E-state index in [1.54, 1.807) is 20.8 Å². The van der Waals surface area contributed by atoms with Crippen LogP contribution >= 0.6 is 0 Å². The Morgan fingerprint density at radius 3 is 2.55 bits per heavy atom. The Bertz CT molecular complexity index is 994. The molecular formula is C23H30N2O6. The van der Waals surface area contributed by atoms with Gasteiger partial charge in [0.2, 0.25) is 5.78 Å². The van der Waals surface area contributed by atoms with Gasteiger partial charge in [-0.3, -0.25) is 4.79 Å². The quantitative estimate of drug-likeness (QED) is 0.509. The molecule has 1 aliphatic heterocycles. The van der Waals surface area contributed by atoms with E-state index in [1.165, 1.54) is 0 Å². The maximum Gasteiger partial charge on any atom is 0.355 e. The molecule has 1 aliphatic rings. The van der Waals surface area contributed by atoms with Crippen LogP contribution in [-0.4, -0.2) is 53.2 Å². The van der Waals surface area contributed by atoms with Crippen LogP contribution in [0, 0.1) is 27.7 Å². The molecule has 2 aromatic rings. The van der Waals surface area contributed by atoms with Gasteiger partial charge in [-0.15, -0.1) is 0 Å². The van der Waals surface area contributed by atoms with E-state index in [4.69, 9.17) is 14.2 Å². The van der Waals surface area contributed by atoms with Gasteiger partial charge in [-0.05, 0) is 59.1 Å². The van der Waals surface area contributed by atoms with E-state index < -0.39 is 11.9 Å². The molecule has 0 aromatic carbocycles. The van der Waals surface area contributed by atoms with E-state index in [0.29, 0.717) is 28.9 Å². The van der Waals surface area contributed by atoms with Crippen LogP contribution in [0.5, 0.6) is 0 Å². The Morgan fingerprint density at radius 2 is 1.90 bits per heavy atom. The van der Waals surface area contributed by atoms with Gasteiger partial charge in [0.1, 0.15) is 5.69 Å². The standard InChI is InChI=1S/C23H30N2O6/c1-6-29-22(27)20-14(3)21(24-15(20)4)23(28)31-12-19(26)18-10-13(2)25(16(18)5)11-17-8-7-9-30-17/h10,17,24H,6-9,11-12H2,1-5H3. The number of hydrogen-bond acceptors (Lipinski definition) is 6. The van der Waals surface area contributed by atoms with E-state index in [9.17, 15) is 14.4 Å². The summed E-state index contributed by atoms with van der Waals surface area (Å²) >= 11 is 0. The molecule has 168 valence electrons. The molecule has 3 rings (SSSR count). The lowest BCUT2D eigenvalue weighted by Gasteiger charge is -2.14. The number of esters is 2. The van der Waals surface area contributed by atoms with Gasteiger partial charge in [0.25, 0.3) is 0 Å². The molecule has 0 amide bonds. The number of carbonyl (C=O) groups is 3. The molecule has 1 fully saturated rings. The fourth-order valence-corrected chi connectivity index (χ4v) is 4.10. The Hall–Kier alpha value is -2.87. The molecule has 1 atom stereocenters. The van der Waals surface area contributed by atoms with E-state index in [-0.39, 0.29) is 30.8 Å². The van der Waals surface area contributed by atoms with Gasteiger partial charge >= 0.3 is 11.9 Å². The average Bonchev–Trinajstić information content (AvgIpc) is 3.41. The summed E-state index contributed by atoms with van der Waals surface area (Å²) in [5.74, 6) is -1.45. The van der Waals surface area contributed by atoms with E-state index in [2.05, 4.69) is 9.55 Å². The van der Waals surface area contributed by atoms with Crippen molar-refractivity contribution in [3.8, 4) is 0 Å². The van der Waals surface area contributed by atoms with Crippen LogP contribution < -0.4 is 0 Å². The number of H-pyrrole nitrogens is 1. The number of nitrogens with one attached hydrogen (secondary N) is 1. The molecule has 0 spiro atoms. The lowest BCUT2D eigenvalue weighted by Crippen LogP contribution is -2.18. The molecule has 1 saturated heterocycles. The van der Waals surface area contributed by atoms with Crippen LogP contribution in [0.15, 0.2) is 6.07 Å². The smallest absolute Gasteiger partial charge is 0.355 e. The van der Waals surface area contributed by atoms with Gasteiger partial charge in [-0.1, -0.05) is 0 Å². The fraction of sp³-hybridized carbons (Fsp3) is 0.522. The fourth-order valence-electron chi connectivity index (χ4n) is 4.10. The monoisotopic (exact) mass is 430 g/mol. The lowest BCUT2D eigenvalue weighted by molar-refractivity contribution is 0.0468. The van der Waals surface area contributed by atoms with Gasteiger partial charge in [0.15, 0.2) is 6.61 Å². The first-order valence-electron chi connectivity index (χ1n) is 10.6. The number of Topliss-reactive ketones (excluding diaryl/α,β-unsaturated/α-hetero) is 1. The summed E-state index contributed by atoms with van der Waals surface area (Å²) in [5, 5.41) is 0. The van der Waals surface area contributed by atoms with Gasteiger partial charge in [-0.2, -0.15) is 0 Å². The van der Waals surface area contributed by atoms with Gasteiger partial charge < -0.3 is 23.8 Å². The van der Waals surface area contributed by atoms with Crippen LogP contribution in [0.2, 0.25) is 0 Å². The molecule has 8 nitrogen and oxygen atoms in total. The Balaban J connectivity index is 1.68. The second-order valence-corrected chi connectivity index (χ2v) is 7.88. The number of aromatic nitrogens is 2. The van der Waals surface area contributed by atoms with Crippen LogP contribution in [0.25, 0.3) is 0 Å². The molecular weight excluding hydrogens is 400 g/mol. The van der Waals surface area contributed by atoms with E-state index in [0.717, 1.165) is 30.8 Å². The minimum absolute atomic E-state index is 0.150. The Labute approximate surface area is 181 Å². The molecule has 1 unspecified atom stereocenters. The van der Waals surface area contributed by atoms with Gasteiger partial charge in [-0.25, -0.2) is 9.59 Å². The third-order valence-electron chi connectivity index (χ3n) is 5.74. The van der Waals surface area contributed by atoms with E-state index >= 15 is 0 Å². The maximum absolute atomic E-state index is 12.7. The molecule has 31 heavy (non-hydrogen) atoms. The first-order chi connectivity index (χ1) is 14.7. The molecule has 1 N–H and O–H groups in total. The number of ether oxygens (including phenoxy) is 3. The Morgan fingerprint density at radius 1 is 1.16 bits per heavy atom. The molecule has 0 aliphatic carbocycles. The normalized spacial score (nSPS) is 15.8. The number of carbonyl (C=O) groups excluding carboxylic acids is 3. The topological polar surface area (TPSA) is 99.6 Å². The average molecular weight is 431 g/mol. The zero-order chi connectivity index (χ0) is 22.7. The van der Waals surface area contributed by atoms with Crippen molar-refractivity contribution < 1.29 is 28.6 Å². The summed E-state index contributed by atoms with van der Waals surface area (Å²) < 4.78 is 18.1. The van der Waals surface area contributed by atoms with Crippen molar-refractivity contribution in [2.45, 2.75) is 60.1 Å². The highest BCUT2D eigenvalue weighted by molar-refractivity contribution is 6.02. The minimum atomic E-state index is -0.683. The second kappa shape index (κ2) is 9.51. The largest absolute Gasteiger partial charge is 0.462 e.